The highest BCUT2D eigenvalue weighted by Crippen LogP contribution is 2.37. The van der Waals surface area contributed by atoms with Gasteiger partial charge in [-0.3, -0.25) is 19.5 Å². The zero-order valence-corrected chi connectivity index (χ0v) is 21.5. The van der Waals surface area contributed by atoms with Gasteiger partial charge in [-0.05, 0) is 43.3 Å². The summed E-state index contributed by atoms with van der Waals surface area (Å²) in [5, 5.41) is 31.6. The number of fused-ring (bicyclic) bond motifs is 1. The van der Waals surface area contributed by atoms with Crippen molar-refractivity contribution < 1.29 is 27.2 Å². The minimum atomic E-state index is -4.06. The van der Waals surface area contributed by atoms with E-state index < -0.39 is 38.2 Å². The Kier molecular flexibility index (Phi) is 6.77. The van der Waals surface area contributed by atoms with Crippen LogP contribution in [0, 0.1) is 21.7 Å². The van der Waals surface area contributed by atoms with Gasteiger partial charge in [0.15, 0.2) is 0 Å². The molecule has 0 radical (unpaired) electrons. The van der Waals surface area contributed by atoms with Gasteiger partial charge < -0.3 is 5.11 Å². The second kappa shape index (κ2) is 10.1. The Labute approximate surface area is 225 Å². The number of nitrogens with zero attached hydrogens (tertiary/aromatic N) is 6. The Morgan fingerprint density at radius 3 is 2.52 bits per heavy atom. The predicted octanol–water partition coefficient (Wildman–Crippen LogP) is 3.76. The largest absolute Gasteiger partial charge is 0.381 e. The highest BCUT2D eigenvalue weighted by Gasteiger charge is 2.41. The van der Waals surface area contributed by atoms with Crippen LogP contribution in [-0.2, 0) is 22.2 Å². The number of benzene rings is 3. The summed E-state index contributed by atoms with van der Waals surface area (Å²) in [5.74, 6) is -1.75. The smallest absolute Gasteiger partial charge is 0.269 e. The van der Waals surface area contributed by atoms with Crippen LogP contribution in [0.2, 0.25) is 0 Å². The number of non-ortho nitro benzene ring substituents is 1. The number of nitro groups is 1. The number of halogens is 2. The fourth-order valence-corrected chi connectivity index (χ4v) is 5.38. The summed E-state index contributed by atoms with van der Waals surface area (Å²) >= 11 is 0. The number of nitrogens with one attached hydrogen (secondary N) is 1. The maximum atomic E-state index is 14.9. The summed E-state index contributed by atoms with van der Waals surface area (Å²) in [7, 11) is -4.06. The zero-order valence-electron chi connectivity index (χ0n) is 20.7. The fraction of sp³-hybridized carbons (Fsp3) is 0.160. The first-order chi connectivity index (χ1) is 19.0. The monoisotopic (exact) mass is 569 g/mol. The normalized spacial score (nSPS) is 14.1. The molecule has 0 amide bonds. The number of rotatable bonds is 9. The summed E-state index contributed by atoms with van der Waals surface area (Å²) < 4.78 is 59.3. The van der Waals surface area contributed by atoms with E-state index in [1.165, 1.54) is 34.2 Å². The van der Waals surface area contributed by atoms with E-state index in [9.17, 15) is 32.4 Å². The molecule has 0 saturated heterocycles. The molecule has 5 rings (SSSR count). The Balaban J connectivity index is 1.47. The van der Waals surface area contributed by atoms with Crippen LogP contribution in [-0.4, -0.2) is 43.0 Å². The van der Waals surface area contributed by atoms with Crippen LogP contribution < -0.4 is 4.72 Å². The molecule has 0 aliphatic heterocycles. The number of aromatic nitrogens is 5. The lowest BCUT2D eigenvalue weighted by molar-refractivity contribution is -0.384. The number of hydrogen-bond donors (Lipinski definition) is 2. The number of hydrogen-bond acceptors (Lipinski definition) is 8. The van der Waals surface area contributed by atoms with Gasteiger partial charge in [0.25, 0.3) is 15.7 Å². The molecule has 0 aliphatic rings. The average molecular weight is 570 g/mol. The molecule has 2 heterocycles. The first-order valence-corrected chi connectivity index (χ1v) is 13.2. The van der Waals surface area contributed by atoms with Gasteiger partial charge in [-0.2, -0.15) is 10.2 Å². The van der Waals surface area contributed by atoms with Crippen molar-refractivity contribution in [3.63, 3.8) is 0 Å². The van der Waals surface area contributed by atoms with E-state index in [2.05, 4.69) is 19.9 Å². The zero-order chi connectivity index (χ0) is 28.7. The topological polar surface area (TPSA) is 158 Å². The predicted molar refractivity (Wildman–Crippen MR) is 139 cm³/mol. The van der Waals surface area contributed by atoms with E-state index >= 15 is 0 Å². The van der Waals surface area contributed by atoms with Crippen molar-refractivity contribution in [1.29, 1.82) is 0 Å². The minimum absolute atomic E-state index is 0.165. The summed E-state index contributed by atoms with van der Waals surface area (Å²) in [4.78, 5) is 13.9. The highest BCUT2D eigenvalue weighted by molar-refractivity contribution is 7.92. The standard InChI is InChI=1S/C25H21F2N7O5S/c1-16(25(35,13-32-15-28-14-29-32)22-8-2-18(26)11-23(22)27)33-12-17-10-19(3-9-24(17)30-33)31-40(38,39)21-6-4-20(5-7-21)34(36)37/h2-12,14-16,31,35H,13H2,1H3/t16-,25-/m1/s1. The van der Waals surface area contributed by atoms with Gasteiger partial charge in [-0.1, -0.05) is 6.07 Å². The molecule has 0 bridgehead atoms. The molecular formula is C25H21F2N7O5S. The average Bonchev–Trinajstić information content (AvgIpc) is 3.57. The molecule has 0 saturated carbocycles. The highest BCUT2D eigenvalue weighted by atomic mass is 32.2. The molecule has 2 aromatic heterocycles. The number of nitro benzene ring substituents is 1. The van der Waals surface area contributed by atoms with Crippen molar-refractivity contribution in [2.24, 2.45) is 0 Å². The van der Waals surface area contributed by atoms with Crippen LogP contribution in [0.3, 0.4) is 0 Å². The second-order valence-corrected chi connectivity index (χ2v) is 10.7. The SMILES string of the molecule is C[C@@H](n1cc2cc(NS(=O)(=O)c3ccc([N+](=O)[O-])cc3)ccc2n1)[C@](O)(Cn1cncn1)c1ccc(F)cc1F. The van der Waals surface area contributed by atoms with Crippen molar-refractivity contribution in [2.45, 2.75) is 30.0 Å². The van der Waals surface area contributed by atoms with Gasteiger partial charge in [0, 0.05) is 41.0 Å². The van der Waals surface area contributed by atoms with E-state index in [0.717, 1.165) is 36.4 Å². The molecule has 12 nitrogen and oxygen atoms in total. The van der Waals surface area contributed by atoms with Crippen molar-refractivity contribution >= 4 is 32.3 Å². The summed E-state index contributed by atoms with van der Waals surface area (Å²) in [6.45, 7) is 1.37. The fourth-order valence-electron chi connectivity index (χ4n) is 4.33. The molecular weight excluding hydrogens is 548 g/mol. The van der Waals surface area contributed by atoms with Crippen LogP contribution in [0.15, 0.2) is 84.4 Å². The Morgan fingerprint density at radius 1 is 1.12 bits per heavy atom. The summed E-state index contributed by atoms with van der Waals surface area (Å²) in [6, 6.07) is 11.0. The van der Waals surface area contributed by atoms with Crippen molar-refractivity contribution in [3.05, 3.63) is 107 Å². The van der Waals surface area contributed by atoms with Crippen LogP contribution in [0.5, 0.6) is 0 Å². The third-order valence-electron chi connectivity index (χ3n) is 6.49. The van der Waals surface area contributed by atoms with Crippen molar-refractivity contribution in [3.8, 4) is 0 Å². The molecule has 3 aromatic carbocycles. The molecule has 0 unspecified atom stereocenters. The van der Waals surface area contributed by atoms with Gasteiger partial charge in [-0.25, -0.2) is 26.9 Å². The second-order valence-electron chi connectivity index (χ2n) is 9.06. The molecule has 2 N–H and O–H groups in total. The molecule has 5 aromatic rings. The van der Waals surface area contributed by atoms with Gasteiger partial charge >= 0.3 is 0 Å². The van der Waals surface area contributed by atoms with E-state index in [-0.39, 0.29) is 28.4 Å². The quantitative estimate of drug-likeness (QED) is 0.201. The molecule has 0 fully saturated rings. The van der Waals surface area contributed by atoms with Crippen LogP contribution >= 0.6 is 0 Å². The Hall–Kier alpha value is -4.76. The van der Waals surface area contributed by atoms with E-state index in [0.29, 0.717) is 17.0 Å². The van der Waals surface area contributed by atoms with E-state index in [4.69, 9.17) is 0 Å². The van der Waals surface area contributed by atoms with E-state index in [1.807, 2.05) is 0 Å². The molecule has 0 aliphatic carbocycles. The molecule has 0 spiro atoms. The van der Waals surface area contributed by atoms with Gasteiger partial charge in [0.1, 0.15) is 29.9 Å². The molecule has 15 heteroatoms. The Morgan fingerprint density at radius 2 is 1.88 bits per heavy atom. The third kappa shape index (κ3) is 5.11. The third-order valence-corrected chi connectivity index (χ3v) is 7.88. The first kappa shape index (κ1) is 26.8. The Bertz CT molecular complexity index is 1810. The molecule has 2 atom stereocenters. The lowest BCUT2D eigenvalue weighted by Gasteiger charge is -2.34. The van der Waals surface area contributed by atoms with Gasteiger partial charge in [-0.15, -0.1) is 0 Å². The number of anilines is 1. The van der Waals surface area contributed by atoms with Crippen molar-refractivity contribution in [2.75, 3.05) is 4.72 Å². The molecule has 206 valence electrons. The van der Waals surface area contributed by atoms with Gasteiger partial charge in [0.2, 0.25) is 0 Å². The maximum absolute atomic E-state index is 14.9. The number of sulfonamides is 1. The first-order valence-electron chi connectivity index (χ1n) is 11.7. The summed E-state index contributed by atoms with van der Waals surface area (Å²) in [5.41, 5.74) is -1.72. The van der Waals surface area contributed by atoms with Crippen LogP contribution in [0.25, 0.3) is 10.9 Å². The minimum Gasteiger partial charge on any atom is -0.381 e. The lowest BCUT2D eigenvalue weighted by atomic mass is 9.86. The number of aliphatic hydroxyl groups is 1. The lowest BCUT2D eigenvalue weighted by Crippen LogP contribution is -2.40. The van der Waals surface area contributed by atoms with Crippen molar-refractivity contribution in [1.82, 2.24) is 24.5 Å². The maximum Gasteiger partial charge on any atom is 0.269 e. The van der Waals surface area contributed by atoms with Crippen LogP contribution in [0.4, 0.5) is 20.2 Å². The van der Waals surface area contributed by atoms with Crippen LogP contribution in [0.1, 0.15) is 18.5 Å². The van der Waals surface area contributed by atoms with E-state index in [1.54, 1.807) is 19.2 Å². The van der Waals surface area contributed by atoms with Gasteiger partial charge in [0.05, 0.1) is 27.9 Å². The summed E-state index contributed by atoms with van der Waals surface area (Å²) in [6.07, 6.45) is 4.16. The molecule has 40 heavy (non-hydrogen) atoms.